The molecule has 1 amide bonds. The lowest BCUT2D eigenvalue weighted by Gasteiger charge is -2.44. The molecule has 0 bridgehead atoms. The van der Waals surface area contributed by atoms with Crippen molar-refractivity contribution in [2.24, 2.45) is 5.92 Å². The SMILES string of the molecule is CCOc1ccc(-c2nnc(SCC(=O)N3CCC[C@H]4CCCC[C@@H]43)n2N)cc1. The number of hydrogen-bond acceptors (Lipinski definition) is 6. The lowest BCUT2D eigenvalue weighted by Crippen LogP contribution is -2.50. The molecular weight excluding hydrogens is 386 g/mol. The Bertz CT molecular complexity index is 836. The summed E-state index contributed by atoms with van der Waals surface area (Å²) in [5.41, 5.74) is 0.864. The summed E-state index contributed by atoms with van der Waals surface area (Å²) in [5.74, 6) is 8.83. The van der Waals surface area contributed by atoms with Crippen LogP contribution >= 0.6 is 11.8 Å². The maximum atomic E-state index is 12.9. The number of rotatable bonds is 6. The summed E-state index contributed by atoms with van der Waals surface area (Å²) in [6.07, 6.45) is 7.35. The minimum atomic E-state index is 0.192. The van der Waals surface area contributed by atoms with Crippen LogP contribution in [0.25, 0.3) is 11.4 Å². The molecule has 2 N–H and O–H groups in total. The smallest absolute Gasteiger partial charge is 0.233 e. The average Bonchev–Trinajstić information content (AvgIpc) is 3.12. The number of nitrogens with two attached hydrogens (primary N) is 1. The molecule has 29 heavy (non-hydrogen) atoms. The van der Waals surface area contributed by atoms with E-state index in [-0.39, 0.29) is 5.91 Å². The van der Waals surface area contributed by atoms with E-state index in [9.17, 15) is 4.79 Å². The number of aromatic nitrogens is 3. The fourth-order valence-corrected chi connectivity index (χ4v) is 5.33. The minimum absolute atomic E-state index is 0.192. The van der Waals surface area contributed by atoms with Gasteiger partial charge in [-0.05, 0) is 62.8 Å². The van der Waals surface area contributed by atoms with Crippen LogP contribution in [0.2, 0.25) is 0 Å². The summed E-state index contributed by atoms with van der Waals surface area (Å²) >= 11 is 1.36. The van der Waals surface area contributed by atoms with Crippen molar-refractivity contribution in [1.82, 2.24) is 19.8 Å². The Morgan fingerprint density at radius 1 is 1.17 bits per heavy atom. The van der Waals surface area contributed by atoms with Gasteiger partial charge in [0.2, 0.25) is 11.1 Å². The average molecular weight is 416 g/mol. The molecule has 1 saturated carbocycles. The van der Waals surface area contributed by atoms with Crippen molar-refractivity contribution < 1.29 is 9.53 Å². The molecule has 0 unspecified atom stereocenters. The monoisotopic (exact) mass is 415 g/mol. The highest BCUT2D eigenvalue weighted by Gasteiger charge is 2.35. The molecule has 1 aromatic heterocycles. The number of thioether (sulfide) groups is 1. The van der Waals surface area contributed by atoms with Crippen molar-refractivity contribution >= 4 is 17.7 Å². The van der Waals surface area contributed by atoms with Crippen LogP contribution in [0.15, 0.2) is 29.4 Å². The molecular formula is C21H29N5O2S. The summed E-state index contributed by atoms with van der Waals surface area (Å²) in [6, 6.07) is 8.03. The Morgan fingerprint density at radius 2 is 1.93 bits per heavy atom. The highest BCUT2D eigenvalue weighted by Crippen LogP contribution is 2.35. The topological polar surface area (TPSA) is 86.3 Å². The number of carbonyl (C=O) groups excluding carboxylic acids is 1. The van der Waals surface area contributed by atoms with Crippen LogP contribution in [0.4, 0.5) is 0 Å². The summed E-state index contributed by atoms with van der Waals surface area (Å²) in [7, 11) is 0. The highest BCUT2D eigenvalue weighted by atomic mass is 32.2. The lowest BCUT2D eigenvalue weighted by molar-refractivity contribution is -0.134. The van der Waals surface area contributed by atoms with E-state index in [1.54, 1.807) is 0 Å². The Labute approximate surface area is 176 Å². The zero-order chi connectivity index (χ0) is 20.2. The van der Waals surface area contributed by atoms with E-state index in [4.69, 9.17) is 10.6 Å². The van der Waals surface area contributed by atoms with Crippen molar-refractivity contribution in [3.63, 3.8) is 0 Å². The van der Waals surface area contributed by atoms with Gasteiger partial charge in [0.1, 0.15) is 5.75 Å². The number of carbonyl (C=O) groups is 1. The summed E-state index contributed by atoms with van der Waals surface area (Å²) in [4.78, 5) is 15.0. The third-order valence-electron chi connectivity index (χ3n) is 5.98. The van der Waals surface area contributed by atoms with Crippen molar-refractivity contribution in [2.75, 3.05) is 24.7 Å². The number of hydrogen-bond donors (Lipinski definition) is 1. The largest absolute Gasteiger partial charge is 0.494 e. The molecule has 4 rings (SSSR count). The number of piperidine rings is 1. The first-order valence-electron chi connectivity index (χ1n) is 10.5. The van der Waals surface area contributed by atoms with Crippen LogP contribution in [0.1, 0.15) is 45.4 Å². The quantitative estimate of drug-likeness (QED) is 0.575. The Morgan fingerprint density at radius 3 is 2.72 bits per heavy atom. The van der Waals surface area contributed by atoms with Gasteiger partial charge in [-0.1, -0.05) is 24.6 Å². The minimum Gasteiger partial charge on any atom is -0.494 e. The van der Waals surface area contributed by atoms with E-state index in [0.29, 0.717) is 35.3 Å². The van der Waals surface area contributed by atoms with E-state index < -0.39 is 0 Å². The Balaban J connectivity index is 1.39. The summed E-state index contributed by atoms with van der Waals surface area (Å²) in [6.45, 7) is 3.46. The summed E-state index contributed by atoms with van der Waals surface area (Å²) in [5, 5.41) is 8.97. The predicted molar refractivity (Wildman–Crippen MR) is 114 cm³/mol. The fourth-order valence-electron chi connectivity index (χ4n) is 4.58. The molecule has 7 nitrogen and oxygen atoms in total. The predicted octanol–water partition coefficient (Wildman–Crippen LogP) is 3.33. The molecule has 1 aliphatic carbocycles. The highest BCUT2D eigenvalue weighted by molar-refractivity contribution is 7.99. The number of amides is 1. The molecule has 8 heteroatoms. The number of fused-ring (bicyclic) bond motifs is 1. The van der Waals surface area contributed by atoms with Crippen molar-refractivity contribution in [2.45, 2.75) is 56.6 Å². The van der Waals surface area contributed by atoms with Gasteiger partial charge in [-0.25, -0.2) is 4.68 Å². The van der Waals surface area contributed by atoms with E-state index in [0.717, 1.165) is 30.7 Å². The first-order chi connectivity index (χ1) is 14.2. The molecule has 2 fully saturated rings. The second-order valence-corrected chi connectivity index (χ2v) is 8.71. The number of ether oxygens (including phenoxy) is 1. The van der Waals surface area contributed by atoms with Gasteiger partial charge in [-0.15, -0.1) is 10.2 Å². The van der Waals surface area contributed by atoms with Gasteiger partial charge in [0.15, 0.2) is 5.82 Å². The third kappa shape index (κ3) is 4.37. The standard InChI is InChI=1S/C21H29N5O2S/c1-2-28-17-11-9-16(10-12-17)20-23-24-21(26(20)22)29-14-19(27)25-13-5-7-15-6-3-4-8-18(15)25/h9-12,15,18H,2-8,13-14,22H2,1H3/t15-,18+/m1/s1. The van der Waals surface area contributed by atoms with Gasteiger partial charge in [-0.2, -0.15) is 0 Å². The van der Waals surface area contributed by atoms with Gasteiger partial charge >= 0.3 is 0 Å². The second kappa shape index (κ2) is 9.07. The maximum absolute atomic E-state index is 12.9. The molecule has 0 radical (unpaired) electrons. The molecule has 0 spiro atoms. The van der Waals surface area contributed by atoms with Crippen LogP contribution in [0.3, 0.4) is 0 Å². The molecule has 156 valence electrons. The second-order valence-electron chi connectivity index (χ2n) is 7.76. The van der Waals surface area contributed by atoms with E-state index >= 15 is 0 Å². The molecule has 1 aliphatic heterocycles. The normalized spacial score (nSPS) is 21.6. The van der Waals surface area contributed by atoms with Crippen molar-refractivity contribution in [3.05, 3.63) is 24.3 Å². The lowest BCUT2D eigenvalue weighted by atomic mass is 9.78. The molecule has 1 aromatic carbocycles. The van der Waals surface area contributed by atoms with Crippen molar-refractivity contribution in [1.29, 1.82) is 0 Å². The molecule has 2 atom stereocenters. The number of benzene rings is 1. The Hall–Kier alpha value is -2.22. The van der Waals surface area contributed by atoms with Gasteiger partial charge in [0, 0.05) is 18.2 Å². The van der Waals surface area contributed by atoms with Crippen molar-refractivity contribution in [3.8, 4) is 17.1 Å². The van der Waals surface area contributed by atoms with E-state index in [1.165, 1.54) is 42.1 Å². The van der Waals surface area contributed by atoms with Gasteiger partial charge < -0.3 is 15.5 Å². The number of likely N-dealkylation sites (tertiary alicyclic amines) is 1. The van der Waals surface area contributed by atoms with E-state index in [2.05, 4.69) is 15.1 Å². The van der Waals surface area contributed by atoms with Crippen LogP contribution in [-0.2, 0) is 4.79 Å². The zero-order valence-corrected chi connectivity index (χ0v) is 17.7. The van der Waals surface area contributed by atoms with Gasteiger partial charge in [0.25, 0.3) is 0 Å². The molecule has 1 saturated heterocycles. The number of nitrogen functional groups attached to an aromatic ring is 1. The van der Waals surface area contributed by atoms with Crippen LogP contribution in [-0.4, -0.2) is 50.6 Å². The molecule has 2 aliphatic rings. The van der Waals surface area contributed by atoms with Crippen LogP contribution < -0.4 is 10.6 Å². The van der Waals surface area contributed by atoms with Gasteiger partial charge in [-0.3, -0.25) is 4.79 Å². The first kappa shape index (κ1) is 20.1. The van der Waals surface area contributed by atoms with Crippen LogP contribution in [0, 0.1) is 5.92 Å². The van der Waals surface area contributed by atoms with Crippen LogP contribution in [0.5, 0.6) is 5.75 Å². The molecule has 2 aromatic rings. The fraction of sp³-hybridized carbons (Fsp3) is 0.571. The third-order valence-corrected chi connectivity index (χ3v) is 6.90. The number of nitrogens with zero attached hydrogens (tertiary/aromatic N) is 4. The molecule has 2 heterocycles. The maximum Gasteiger partial charge on any atom is 0.233 e. The van der Waals surface area contributed by atoms with E-state index in [1.807, 2.05) is 31.2 Å². The first-order valence-corrected chi connectivity index (χ1v) is 11.5. The summed E-state index contributed by atoms with van der Waals surface area (Å²) < 4.78 is 6.94. The van der Waals surface area contributed by atoms with Gasteiger partial charge in [0.05, 0.1) is 12.4 Å². The zero-order valence-electron chi connectivity index (χ0n) is 16.9. The Kier molecular flexibility index (Phi) is 6.28.